The van der Waals surface area contributed by atoms with Crippen molar-refractivity contribution in [3.05, 3.63) is 0 Å². The predicted octanol–water partition coefficient (Wildman–Crippen LogP) is 0.520. The summed E-state index contributed by atoms with van der Waals surface area (Å²) >= 11 is 0. The number of alkyl halides is 1. The molecule has 1 fully saturated rings. The van der Waals surface area contributed by atoms with Crippen molar-refractivity contribution in [2.75, 3.05) is 26.8 Å². The summed E-state index contributed by atoms with van der Waals surface area (Å²) in [5.74, 6) is -0.867. The SMILES string of the molecule is CN1C[C@H](F)C[C@H]1COCCC(=O)O. The van der Waals surface area contributed by atoms with Crippen LogP contribution >= 0.6 is 0 Å². The average molecular weight is 205 g/mol. The van der Waals surface area contributed by atoms with Crippen LogP contribution in [0.4, 0.5) is 4.39 Å². The lowest BCUT2D eigenvalue weighted by molar-refractivity contribution is -0.138. The molecule has 0 radical (unpaired) electrons. The van der Waals surface area contributed by atoms with Crippen LogP contribution in [-0.4, -0.2) is 55.0 Å². The zero-order chi connectivity index (χ0) is 10.6. The Balaban J connectivity index is 2.09. The van der Waals surface area contributed by atoms with Crippen molar-refractivity contribution < 1.29 is 19.0 Å². The summed E-state index contributed by atoms with van der Waals surface area (Å²) < 4.78 is 18.0. The van der Waals surface area contributed by atoms with Crippen molar-refractivity contribution in [1.82, 2.24) is 4.90 Å². The topological polar surface area (TPSA) is 49.8 Å². The molecule has 1 N–H and O–H groups in total. The number of carboxylic acid groups (broad SMARTS) is 1. The van der Waals surface area contributed by atoms with E-state index in [2.05, 4.69) is 0 Å². The first-order valence-corrected chi connectivity index (χ1v) is 4.73. The van der Waals surface area contributed by atoms with Crippen LogP contribution in [0, 0.1) is 0 Å². The monoisotopic (exact) mass is 205 g/mol. The van der Waals surface area contributed by atoms with E-state index in [0.29, 0.717) is 19.6 Å². The molecule has 14 heavy (non-hydrogen) atoms. The van der Waals surface area contributed by atoms with Gasteiger partial charge in [-0.15, -0.1) is 0 Å². The Hall–Kier alpha value is -0.680. The van der Waals surface area contributed by atoms with Crippen LogP contribution in [0.2, 0.25) is 0 Å². The van der Waals surface area contributed by atoms with E-state index in [-0.39, 0.29) is 19.1 Å². The van der Waals surface area contributed by atoms with E-state index < -0.39 is 12.1 Å². The van der Waals surface area contributed by atoms with Gasteiger partial charge < -0.3 is 9.84 Å². The van der Waals surface area contributed by atoms with Crippen LogP contribution in [0.15, 0.2) is 0 Å². The predicted molar refractivity (Wildman–Crippen MR) is 49.0 cm³/mol. The fraction of sp³-hybridized carbons (Fsp3) is 0.889. The van der Waals surface area contributed by atoms with E-state index in [1.807, 2.05) is 11.9 Å². The Kier molecular flexibility index (Phi) is 4.28. The van der Waals surface area contributed by atoms with Gasteiger partial charge in [-0.2, -0.15) is 0 Å². The highest BCUT2D eigenvalue weighted by Gasteiger charge is 2.29. The van der Waals surface area contributed by atoms with E-state index in [4.69, 9.17) is 9.84 Å². The summed E-state index contributed by atoms with van der Waals surface area (Å²) in [6.45, 7) is 1.08. The Morgan fingerprint density at radius 2 is 2.43 bits per heavy atom. The molecule has 1 rings (SSSR count). The molecule has 0 saturated carbocycles. The molecule has 0 bridgehead atoms. The molecule has 0 aromatic heterocycles. The minimum absolute atomic E-state index is 0.00941. The van der Waals surface area contributed by atoms with Crippen molar-refractivity contribution in [3.63, 3.8) is 0 Å². The van der Waals surface area contributed by atoms with Gasteiger partial charge in [0.2, 0.25) is 0 Å². The van der Waals surface area contributed by atoms with Crippen molar-refractivity contribution in [2.45, 2.75) is 25.1 Å². The lowest BCUT2D eigenvalue weighted by atomic mass is 10.2. The van der Waals surface area contributed by atoms with Crippen molar-refractivity contribution in [3.8, 4) is 0 Å². The molecule has 0 aromatic carbocycles. The number of aliphatic carboxylic acids is 1. The van der Waals surface area contributed by atoms with Gasteiger partial charge in [-0.05, 0) is 13.5 Å². The zero-order valence-electron chi connectivity index (χ0n) is 8.28. The van der Waals surface area contributed by atoms with Gasteiger partial charge in [-0.3, -0.25) is 9.69 Å². The van der Waals surface area contributed by atoms with Crippen LogP contribution in [0.5, 0.6) is 0 Å². The normalized spacial score (nSPS) is 28.1. The lowest BCUT2D eigenvalue weighted by Gasteiger charge is -2.18. The molecule has 1 heterocycles. The number of ether oxygens (including phenoxy) is 1. The highest BCUT2D eigenvalue weighted by Crippen LogP contribution is 2.18. The molecule has 0 aromatic rings. The molecular weight excluding hydrogens is 189 g/mol. The standard InChI is InChI=1S/C9H16FNO3/c1-11-5-7(10)4-8(11)6-14-3-2-9(12)13/h7-8H,2-6H2,1H3,(H,12,13)/t7-,8+/m1/s1. The fourth-order valence-electron chi connectivity index (χ4n) is 1.59. The van der Waals surface area contributed by atoms with E-state index >= 15 is 0 Å². The average Bonchev–Trinajstić information content (AvgIpc) is 2.39. The number of carboxylic acids is 1. The Bertz CT molecular complexity index is 200. The van der Waals surface area contributed by atoms with Gasteiger partial charge in [0.25, 0.3) is 0 Å². The number of likely N-dealkylation sites (tertiary alicyclic amines) is 1. The second kappa shape index (κ2) is 5.26. The van der Waals surface area contributed by atoms with Crippen LogP contribution in [-0.2, 0) is 9.53 Å². The molecule has 0 aliphatic carbocycles. The highest BCUT2D eigenvalue weighted by atomic mass is 19.1. The number of likely N-dealkylation sites (N-methyl/N-ethyl adjacent to an activating group) is 1. The molecule has 2 atom stereocenters. The Morgan fingerprint density at radius 1 is 1.71 bits per heavy atom. The molecule has 0 spiro atoms. The number of halogens is 1. The third-order valence-corrected chi connectivity index (χ3v) is 2.41. The molecule has 1 aliphatic rings. The van der Waals surface area contributed by atoms with Crippen LogP contribution in [0.1, 0.15) is 12.8 Å². The molecule has 5 heteroatoms. The van der Waals surface area contributed by atoms with E-state index in [9.17, 15) is 9.18 Å². The van der Waals surface area contributed by atoms with Crippen molar-refractivity contribution in [1.29, 1.82) is 0 Å². The summed E-state index contributed by atoms with van der Waals surface area (Å²) in [5, 5.41) is 8.35. The van der Waals surface area contributed by atoms with Crippen LogP contribution < -0.4 is 0 Å². The quantitative estimate of drug-likeness (QED) is 0.665. The minimum Gasteiger partial charge on any atom is -0.481 e. The molecular formula is C9H16FNO3. The third-order valence-electron chi connectivity index (χ3n) is 2.41. The van der Waals surface area contributed by atoms with Gasteiger partial charge >= 0.3 is 5.97 Å². The van der Waals surface area contributed by atoms with Gasteiger partial charge in [0.05, 0.1) is 19.6 Å². The Morgan fingerprint density at radius 3 is 2.93 bits per heavy atom. The number of hydrogen-bond acceptors (Lipinski definition) is 3. The molecule has 0 unspecified atom stereocenters. The minimum atomic E-state index is -0.867. The van der Waals surface area contributed by atoms with Crippen LogP contribution in [0.25, 0.3) is 0 Å². The smallest absolute Gasteiger partial charge is 0.305 e. The largest absolute Gasteiger partial charge is 0.481 e. The highest BCUT2D eigenvalue weighted by molar-refractivity contribution is 5.66. The molecule has 4 nitrogen and oxygen atoms in total. The molecule has 0 amide bonds. The van der Waals surface area contributed by atoms with Crippen LogP contribution in [0.3, 0.4) is 0 Å². The van der Waals surface area contributed by atoms with E-state index in [1.165, 1.54) is 0 Å². The summed E-state index contributed by atoms with van der Waals surface area (Å²) in [6, 6.07) is 0.0961. The maximum absolute atomic E-state index is 12.9. The fourth-order valence-corrected chi connectivity index (χ4v) is 1.59. The maximum atomic E-state index is 12.9. The first kappa shape index (κ1) is 11.4. The Labute approximate surface area is 82.6 Å². The maximum Gasteiger partial charge on any atom is 0.305 e. The summed E-state index contributed by atoms with van der Waals surface area (Å²) in [5.41, 5.74) is 0. The van der Waals surface area contributed by atoms with Gasteiger partial charge in [0.15, 0.2) is 0 Å². The number of hydrogen-bond donors (Lipinski definition) is 1. The number of rotatable bonds is 5. The second-order valence-corrected chi connectivity index (χ2v) is 3.65. The summed E-state index contributed by atoms with van der Waals surface area (Å²) in [7, 11) is 1.85. The van der Waals surface area contributed by atoms with Gasteiger partial charge in [-0.1, -0.05) is 0 Å². The van der Waals surface area contributed by atoms with E-state index in [1.54, 1.807) is 0 Å². The van der Waals surface area contributed by atoms with Gasteiger partial charge in [0, 0.05) is 12.6 Å². The van der Waals surface area contributed by atoms with Gasteiger partial charge in [-0.25, -0.2) is 4.39 Å². The van der Waals surface area contributed by atoms with Crippen molar-refractivity contribution in [2.24, 2.45) is 0 Å². The first-order chi connectivity index (χ1) is 6.59. The second-order valence-electron chi connectivity index (χ2n) is 3.65. The zero-order valence-corrected chi connectivity index (χ0v) is 8.28. The number of nitrogens with zero attached hydrogens (tertiary/aromatic N) is 1. The van der Waals surface area contributed by atoms with E-state index in [0.717, 1.165) is 0 Å². The summed E-state index contributed by atoms with van der Waals surface area (Å²) in [4.78, 5) is 12.1. The first-order valence-electron chi connectivity index (χ1n) is 4.73. The molecule has 1 aliphatic heterocycles. The molecule has 82 valence electrons. The summed E-state index contributed by atoms with van der Waals surface area (Å²) in [6.07, 6.45) is -0.271. The van der Waals surface area contributed by atoms with Gasteiger partial charge in [0.1, 0.15) is 6.17 Å². The van der Waals surface area contributed by atoms with Crippen molar-refractivity contribution >= 4 is 5.97 Å². The third kappa shape index (κ3) is 3.59. The number of carbonyl (C=O) groups is 1. The molecule has 1 saturated heterocycles. The lowest BCUT2D eigenvalue weighted by Crippen LogP contribution is -2.29.